The van der Waals surface area contributed by atoms with Gasteiger partial charge in [-0.2, -0.15) is 0 Å². The highest BCUT2D eigenvalue weighted by Crippen LogP contribution is 2.29. The van der Waals surface area contributed by atoms with Crippen molar-refractivity contribution in [2.45, 2.75) is 19.6 Å². The summed E-state index contributed by atoms with van der Waals surface area (Å²) in [4.78, 5) is 13.2. The summed E-state index contributed by atoms with van der Waals surface area (Å²) in [6.07, 6.45) is 11.6. The third kappa shape index (κ3) is 27.5. The second-order valence-corrected chi connectivity index (χ2v) is 31.3. The monoisotopic (exact) mass is 1640 g/mol. The van der Waals surface area contributed by atoms with E-state index in [2.05, 4.69) is 126 Å². The van der Waals surface area contributed by atoms with E-state index in [-0.39, 0.29) is 5.82 Å². The number of pyridine rings is 1. The zero-order valence-corrected chi connectivity index (χ0v) is 62.9. The normalized spacial score (nSPS) is 10.0. The van der Waals surface area contributed by atoms with Gasteiger partial charge in [0.2, 0.25) is 0 Å². The van der Waals surface area contributed by atoms with Crippen LogP contribution in [0, 0.1) is 52.7 Å². The molecule has 0 spiro atoms. The molecule has 0 atom stereocenters. The number of hydrogen-bond acceptors (Lipinski definition) is 9. The summed E-state index contributed by atoms with van der Waals surface area (Å²) in [5, 5.41) is 0.702. The molecule has 0 aliphatic carbocycles. The number of ether oxygens (including phenoxy) is 5. The Morgan fingerprint density at radius 2 is 0.660 bits per heavy atom. The van der Waals surface area contributed by atoms with Gasteiger partial charge in [0.05, 0.1) is 11.9 Å². The first kappa shape index (κ1) is 74.7. The maximum absolute atomic E-state index is 13.2. The van der Waals surface area contributed by atoms with E-state index >= 15 is 0 Å². The predicted molar refractivity (Wildman–Crippen MR) is 428 cm³/mol. The number of anilines is 3. The Labute approximate surface area is 613 Å². The number of nitrogens with one attached hydrogen (secondary N) is 1. The molecule has 1 N–H and O–H groups in total. The Morgan fingerprint density at radius 1 is 0.381 bits per heavy atom. The van der Waals surface area contributed by atoms with Gasteiger partial charge in [0.15, 0.2) is 0 Å². The molecule has 0 aliphatic heterocycles. The summed E-state index contributed by atoms with van der Waals surface area (Å²) in [6.45, 7) is 6.44. The van der Waals surface area contributed by atoms with Crippen molar-refractivity contribution < 1.29 is 28.1 Å². The van der Waals surface area contributed by atoms with Crippen LogP contribution < -0.4 is 38.4 Å². The van der Waals surface area contributed by atoms with Gasteiger partial charge in [0, 0.05) is 86.6 Å². The summed E-state index contributed by atoms with van der Waals surface area (Å²) >= 11 is 6.83. The minimum absolute atomic E-state index is 0.363. The molecule has 2 aromatic heterocycles. The maximum atomic E-state index is 13.2. The SMILES string of the molecule is C#C[Si](C)(C)C.C#Cc1ccc(Oc2ccc(N(C)C)cc2)cc1.CN(C)c1ccc(Oc2ccc(C#Cc3cc4cc(F)cnc4[nH]3)cc2)cc1.CN(C)c1ccc(Oc2ccc(I)cc2)cc1.Ic1ccc(Oc2ccc(I)cc2)cc1.c1ccc(Oc2ccccc2)cc1. The first-order valence-corrected chi connectivity index (χ1v) is 37.3. The molecule has 12 rings (SSSR count). The Balaban J connectivity index is 0.000000171. The first-order chi connectivity index (χ1) is 46.6. The van der Waals surface area contributed by atoms with Gasteiger partial charge < -0.3 is 43.4 Å². The van der Waals surface area contributed by atoms with Gasteiger partial charge in [-0.3, -0.25) is 0 Å². The van der Waals surface area contributed by atoms with Gasteiger partial charge in [-0.1, -0.05) is 67.9 Å². The van der Waals surface area contributed by atoms with E-state index < -0.39 is 8.07 Å². The molecule has 2 heterocycles. The fourth-order valence-corrected chi connectivity index (χ4v) is 9.10. The molecule has 12 aromatic rings. The van der Waals surface area contributed by atoms with Crippen LogP contribution in [-0.4, -0.2) is 60.3 Å². The van der Waals surface area contributed by atoms with Crippen molar-refractivity contribution in [1.82, 2.24) is 9.97 Å². The fraction of sp³-hybridized carbons (Fsp3) is 0.110. The van der Waals surface area contributed by atoms with Gasteiger partial charge in [0.1, 0.15) is 77.0 Å². The lowest BCUT2D eigenvalue weighted by Gasteiger charge is -2.13. The molecule has 490 valence electrons. The zero-order chi connectivity index (χ0) is 69.5. The van der Waals surface area contributed by atoms with Crippen molar-refractivity contribution >= 4 is 104 Å². The van der Waals surface area contributed by atoms with Crippen LogP contribution in [0.15, 0.2) is 273 Å². The molecule has 0 aliphatic rings. The Hall–Kier alpha value is -9.69. The number of halogens is 4. The number of fused-ring (bicyclic) bond motifs is 1. The van der Waals surface area contributed by atoms with Crippen LogP contribution in [0.25, 0.3) is 11.0 Å². The summed E-state index contributed by atoms with van der Waals surface area (Å²) in [5.41, 5.74) is 9.19. The van der Waals surface area contributed by atoms with E-state index in [4.69, 9.17) is 36.5 Å². The van der Waals surface area contributed by atoms with E-state index in [1.165, 1.54) is 28.7 Å². The lowest BCUT2D eigenvalue weighted by Crippen LogP contribution is -2.15. The highest BCUT2D eigenvalue weighted by molar-refractivity contribution is 14.1. The van der Waals surface area contributed by atoms with E-state index in [9.17, 15) is 4.39 Å². The predicted octanol–water partition coefficient (Wildman–Crippen LogP) is 22.3. The highest BCUT2D eigenvalue weighted by atomic mass is 127. The topological polar surface area (TPSA) is 84.6 Å². The number of para-hydroxylation sites is 2. The van der Waals surface area contributed by atoms with Crippen LogP contribution in [0.2, 0.25) is 19.6 Å². The van der Waals surface area contributed by atoms with Crippen LogP contribution in [0.4, 0.5) is 21.5 Å². The molecule has 10 aromatic carbocycles. The minimum Gasteiger partial charge on any atom is -0.457 e. The van der Waals surface area contributed by atoms with Gasteiger partial charge in [0.25, 0.3) is 0 Å². The molecule has 0 bridgehead atoms. The second-order valence-electron chi connectivity index (χ2n) is 22.8. The minimum atomic E-state index is -1.10. The lowest BCUT2D eigenvalue weighted by molar-refractivity contribution is 0.482. The lowest BCUT2D eigenvalue weighted by atomic mass is 10.2. The average Bonchev–Trinajstić information content (AvgIpc) is 1.75. The molecule has 0 unspecified atom stereocenters. The van der Waals surface area contributed by atoms with Crippen molar-refractivity contribution in [3.63, 3.8) is 0 Å². The molecule has 0 fully saturated rings. The molecule has 15 heteroatoms. The fourth-order valence-electron chi connectivity index (χ4n) is 8.02. The van der Waals surface area contributed by atoms with Crippen molar-refractivity contribution in [2.75, 3.05) is 57.0 Å². The summed E-state index contributed by atoms with van der Waals surface area (Å²) in [7, 11) is 11.0. The number of H-pyrrole nitrogens is 1. The standard InChI is InChI=1S/C23H18FN3O.C16H15NO.C14H14INO.C12H8I2O.C12H10O.C5H10Si/c1-27(2)20-7-11-22(12-8-20)28-21-9-4-16(5-10-21)3-6-19-14-17-13-18(24)15-25-23(17)26-19;1-4-13-5-9-15(10-6-13)18-16-11-7-14(8-12-16)17(2)3;1-16(2)12-5-9-14(10-6-12)17-13-7-3-11(15)4-8-13;13-9-1-5-11(6-2-9)15-12-7-3-10(14)4-8-12;1-3-7-11(8-4-1)13-12-9-5-2-6-10-12;1-5-6(2,3)4/h4-5,7-15H,1-2H3,(H,25,26);1,5-12H,2-3H3;3-10H,1-2H3;1-8H;1-10H;1H,2-4H3. The highest BCUT2D eigenvalue weighted by Gasteiger charge is 2.07. The molecule has 0 saturated heterocycles. The quantitative estimate of drug-likeness (QED) is 0.0689. The summed E-state index contributed by atoms with van der Waals surface area (Å²) in [5.74, 6) is 16.7. The van der Waals surface area contributed by atoms with Crippen LogP contribution in [0.5, 0.6) is 57.5 Å². The van der Waals surface area contributed by atoms with Gasteiger partial charge in [-0.25, -0.2) is 9.37 Å². The Bertz CT molecular complexity index is 4380. The van der Waals surface area contributed by atoms with Crippen molar-refractivity contribution in [3.05, 3.63) is 306 Å². The molecule has 0 saturated carbocycles. The van der Waals surface area contributed by atoms with E-state index in [1.54, 1.807) is 6.07 Å². The van der Waals surface area contributed by atoms with E-state index in [1.807, 2.05) is 307 Å². The molecule has 97 heavy (non-hydrogen) atoms. The van der Waals surface area contributed by atoms with Crippen molar-refractivity contribution in [2.24, 2.45) is 0 Å². The smallest absolute Gasteiger partial charge is 0.142 e. The van der Waals surface area contributed by atoms with Crippen LogP contribution in [-0.2, 0) is 0 Å². The van der Waals surface area contributed by atoms with Crippen molar-refractivity contribution in [3.8, 4) is 93.6 Å². The first-order valence-electron chi connectivity index (χ1n) is 30.5. The number of aromatic nitrogens is 2. The maximum Gasteiger partial charge on any atom is 0.142 e. The van der Waals surface area contributed by atoms with Gasteiger partial charge in [-0.15, -0.1) is 18.4 Å². The summed E-state index contributed by atoms with van der Waals surface area (Å²) < 4.78 is 45.4. The largest absolute Gasteiger partial charge is 0.457 e. The van der Waals surface area contributed by atoms with Gasteiger partial charge in [-0.05, 0) is 304 Å². The Kier molecular flexibility index (Phi) is 29.8. The second kappa shape index (κ2) is 38.8. The molecular weight excluding hydrogens is 1560 g/mol. The summed E-state index contributed by atoms with van der Waals surface area (Å²) in [6, 6.07) is 85.7. The Morgan fingerprint density at radius 3 is 0.948 bits per heavy atom. The van der Waals surface area contributed by atoms with Crippen LogP contribution in [0.1, 0.15) is 16.8 Å². The zero-order valence-electron chi connectivity index (χ0n) is 55.5. The molecule has 0 radical (unpaired) electrons. The number of aromatic amines is 1. The molecular formula is C82H75FI3N5O5Si. The number of rotatable bonds is 13. The van der Waals surface area contributed by atoms with Crippen LogP contribution >= 0.6 is 67.8 Å². The van der Waals surface area contributed by atoms with E-state index in [0.717, 1.165) is 80.0 Å². The molecule has 10 nitrogen and oxygen atoms in total. The molecule has 0 amide bonds. The number of nitrogens with zero attached hydrogens (tertiary/aromatic N) is 4. The average molecular weight is 1640 g/mol. The number of benzene rings is 10. The van der Waals surface area contributed by atoms with Crippen LogP contribution in [0.3, 0.4) is 0 Å². The van der Waals surface area contributed by atoms with Gasteiger partial charge >= 0.3 is 0 Å². The number of hydrogen-bond donors (Lipinski definition) is 1. The van der Waals surface area contributed by atoms with Crippen molar-refractivity contribution in [1.29, 1.82) is 0 Å². The van der Waals surface area contributed by atoms with E-state index in [0.29, 0.717) is 16.7 Å². The third-order valence-electron chi connectivity index (χ3n) is 13.3. The third-order valence-corrected chi connectivity index (χ3v) is 16.3. The number of terminal acetylenes is 2.